The Balaban J connectivity index is 3.20. The van der Waals surface area contributed by atoms with Crippen LogP contribution >= 0.6 is 0 Å². The highest BCUT2D eigenvalue weighted by atomic mass is 32.2. The Kier molecular flexibility index (Phi) is 4.61. The number of anilines is 1. The Labute approximate surface area is 120 Å². The van der Waals surface area contributed by atoms with Gasteiger partial charge in [0.1, 0.15) is 0 Å². The van der Waals surface area contributed by atoms with Crippen LogP contribution in [0.25, 0.3) is 0 Å². The van der Waals surface area contributed by atoms with E-state index in [1.807, 2.05) is 20.8 Å². The van der Waals surface area contributed by atoms with Gasteiger partial charge in [0.2, 0.25) is 15.9 Å². The molecule has 1 aromatic carbocycles. The highest BCUT2D eigenvalue weighted by Crippen LogP contribution is 2.27. The van der Waals surface area contributed by atoms with Crippen LogP contribution in [-0.4, -0.2) is 14.3 Å². The van der Waals surface area contributed by atoms with Gasteiger partial charge in [0.05, 0.1) is 4.90 Å². The minimum absolute atomic E-state index is 0.0558. The van der Waals surface area contributed by atoms with E-state index in [0.29, 0.717) is 23.2 Å². The molecule has 0 aliphatic heterocycles. The lowest BCUT2D eigenvalue weighted by Crippen LogP contribution is -2.30. The van der Waals surface area contributed by atoms with Crippen molar-refractivity contribution in [2.24, 2.45) is 10.6 Å². The molecule has 20 heavy (non-hydrogen) atoms. The Bertz CT molecular complexity index is 611. The summed E-state index contributed by atoms with van der Waals surface area (Å²) in [6.07, 6.45) is 0.714. The molecule has 0 atom stereocenters. The average Bonchev–Trinajstić information content (AvgIpc) is 2.31. The monoisotopic (exact) mass is 298 g/mol. The van der Waals surface area contributed by atoms with Gasteiger partial charge in [0.25, 0.3) is 0 Å². The third-order valence-corrected chi connectivity index (χ3v) is 4.46. The normalized spacial score (nSPS) is 12.3. The van der Waals surface area contributed by atoms with Gasteiger partial charge in [-0.2, -0.15) is 0 Å². The molecule has 0 aromatic heterocycles. The maximum Gasteiger partial charge on any atom is 0.238 e. The van der Waals surface area contributed by atoms with Crippen LogP contribution in [0.5, 0.6) is 0 Å². The van der Waals surface area contributed by atoms with Gasteiger partial charge in [-0.3, -0.25) is 4.79 Å². The first kappa shape index (κ1) is 16.7. The molecule has 5 nitrogen and oxygen atoms in total. The van der Waals surface area contributed by atoms with E-state index in [4.69, 9.17) is 5.14 Å². The molecule has 1 amide bonds. The third-order valence-electron chi connectivity index (χ3n) is 3.57. The Morgan fingerprint density at radius 2 is 1.70 bits per heavy atom. The Morgan fingerprint density at radius 3 is 2.05 bits per heavy atom. The highest BCUT2D eigenvalue weighted by Gasteiger charge is 2.26. The van der Waals surface area contributed by atoms with E-state index in [0.717, 1.165) is 0 Å². The lowest BCUT2D eigenvalue weighted by atomic mass is 9.89. The molecule has 0 radical (unpaired) electrons. The number of hydrogen-bond donors (Lipinski definition) is 2. The van der Waals surface area contributed by atoms with Gasteiger partial charge in [-0.15, -0.1) is 0 Å². The first-order chi connectivity index (χ1) is 8.99. The molecule has 6 heteroatoms. The molecule has 0 saturated carbocycles. The second-order valence-corrected chi connectivity index (χ2v) is 7.23. The topological polar surface area (TPSA) is 89.3 Å². The van der Waals surface area contributed by atoms with E-state index in [-0.39, 0.29) is 10.8 Å². The number of nitrogens with one attached hydrogen (secondary N) is 1. The number of primary sulfonamides is 1. The van der Waals surface area contributed by atoms with Crippen LogP contribution in [-0.2, 0) is 14.8 Å². The maximum absolute atomic E-state index is 12.2. The summed E-state index contributed by atoms with van der Waals surface area (Å²) >= 11 is 0. The molecule has 0 spiro atoms. The van der Waals surface area contributed by atoms with Crippen molar-refractivity contribution in [2.45, 2.75) is 45.9 Å². The van der Waals surface area contributed by atoms with Gasteiger partial charge in [-0.1, -0.05) is 20.8 Å². The summed E-state index contributed by atoms with van der Waals surface area (Å²) in [5.41, 5.74) is 1.52. The van der Waals surface area contributed by atoms with Crippen molar-refractivity contribution in [2.75, 3.05) is 5.32 Å². The van der Waals surface area contributed by atoms with Crippen LogP contribution < -0.4 is 10.5 Å². The first-order valence-corrected chi connectivity index (χ1v) is 7.99. The van der Waals surface area contributed by atoms with E-state index < -0.39 is 15.4 Å². The van der Waals surface area contributed by atoms with Crippen LogP contribution in [0, 0.1) is 19.3 Å². The van der Waals surface area contributed by atoms with Crippen LogP contribution in [0.15, 0.2) is 17.0 Å². The number of carbonyl (C=O) groups excluding carboxylic acids is 1. The zero-order valence-electron chi connectivity index (χ0n) is 12.6. The fourth-order valence-electron chi connectivity index (χ4n) is 1.73. The molecule has 0 bridgehead atoms. The number of benzene rings is 1. The van der Waals surface area contributed by atoms with Gasteiger partial charge in [0, 0.05) is 11.1 Å². The predicted molar refractivity (Wildman–Crippen MR) is 80.0 cm³/mol. The van der Waals surface area contributed by atoms with E-state index in [1.54, 1.807) is 13.8 Å². The van der Waals surface area contributed by atoms with Gasteiger partial charge in [-0.25, -0.2) is 13.6 Å². The average molecular weight is 298 g/mol. The molecule has 3 N–H and O–H groups in total. The first-order valence-electron chi connectivity index (χ1n) is 6.44. The van der Waals surface area contributed by atoms with Crippen molar-refractivity contribution in [1.82, 2.24) is 0 Å². The fourth-order valence-corrected chi connectivity index (χ4v) is 2.41. The standard InChI is InChI=1S/C14H22N2O3S/c1-6-14(4,5)13(17)16-12-9(2)7-11(8-10(12)3)20(15,18)19/h7-8H,6H2,1-5H3,(H,16,17)(H2,15,18,19). The summed E-state index contributed by atoms with van der Waals surface area (Å²) in [6.45, 7) is 9.17. The largest absolute Gasteiger partial charge is 0.325 e. The molecule has 0 saturated heterocycles. The molecular formula is C14H22N2O3S. The van der Waals surface area contributed by atoms with Crippen molar-refractivity contribution in [3.63, 3.8) is 0 Å². The molecule has 0 heterocycles. The number of amides is 1. The number of hydrogen-bond acceptors (Lipinski definition) is 3. The lowest BCUT2D eigenvalue weighted by Gasteiger charge is -2.23. The smallest absolute Gasteiger partial charge is 0.238 e. The Morgan fingerprint density at radius 1 is 1.25 bits per heavy atom. The van der Waals surface area contributed by atoms with Crippen molar-refractivity contribution >= 4 is 21.6 Å². The van der Waals surface area contributed by atoms with Crippen LogP contribution in [0.1, 0.15) is 38.3 Å². The molecule has 0 aliphatic carbocycles. The lowest BCUT2D eigenvalue weighted by molar-refractivity contribution is -0.124. The summed E-state index contributed by atoms with van der Waals surface area (Å²) < 4.78 is 22.7. The Hall–Kier alpha value is -1.40. The predicted octanol–water partition coefficient (Wildman–Crippen LogP) is 2.33. The van der Waals surface area contributed by atoms with Crippen LogP contribution in [0.2, 0.25) is 0 Å². The summed E-state index contributed by atoms with van der Waals surface area (Å²) in [4.78, 5) is 12.3. The quantitative estimate of drug-likeness (QED) is 0.894. The number of carbonyl (C=O) groups is 1. The zero-order chi connectivity index (χ0) is 15.7. The van der Waals surface area contributed by atoms with E-state index in [2.05, 4.69) is 5.32 Å². The van der Waals surface area contributed by atoms with E-state index >= 15 is 0 Å². The molecule has 112 valence electrons. The maximum atomic E-state index is 12.2. The van der Waals surface area contributed by atoms with Gasteiger partial charge in [-0.05, 0) is 43.5 Å². The van der Waals surface area contributed by atoms with Gasteiger partial charge >= 0.3 is 0 Å². The summed E-state index contributed by atoms with van der Waals surface area (Å²) in [5.74, 6) is -0.0884. The molecule has 1 aromatic rings. The number of nitrogens with two attached hydrogens (primary N) is 1. The molecule has 0 fully saturated rings. The molecular weight excluding hydrogens is 276 g/mol. The summed E-state index contributed by atoms with van der Waals surface area (Å²) in [6, 6.07) is 2.94. The SMILES string of the molecule is CCC(C)(C)C(=O)Nc1c(C)cc(S(N)(=O)=O)cc1C. The minimum Gasteiger partial charge on any atom is -0.325 e. The van der Waals surface area contributed by atoms with Crippen molar-refractivity contribution in [3.8, 4) is 0 Å². The molecule has 0 unspecified atom stereocenters. The highest BCUT2D eigenvalue weighted by molar-refractivity contribution is 7.89. The number of sulfonamides is 1. The van der Waals surface area contributed by atoms with Crippen molar-refractivity contribution in [1.29, 1.82) is 0 Å². The second-order valence-electron chi connectivity index (χ2n) is 5.67. The number of rotatable bonds is 4. The van der Waals surface area contributed by atoms with Gasteiger partial charge < -0.3 is 5.32 Å². The second kappa shape index (κ2) is 5.54. The minimum atomic E-state index is -3.74. The zero-order valence-corrected chi connectivity index (χ0v) is 13.4. The van der Waals surface area contributed by atoms with Crippen LogP contribution in [0.3, 0.4) is 0 Å². The molecule has 1 rings (SSSR count). The molecule has 0 aliphatic rings. The van der Waals surface area contributed by atoms with E-state index in [9.17, 15) is 13.2 Å². The van der Waals surface area contributed by atoms with Crippen molar-refractivity contribution in [3.05, 3.63) is 23.3 Å². The van der Waals surface area contributed by atoms with Crippen molar-refractivity contribution < 1.29 is 13.2 Å². The van der Waals surface area contributed by atoms with Crippen LogP contribution in [0.4, 0.5) is 5.69 Å². The summed E-state index contributed by atoms with van der Waals surface area (Å²) in [7, 11) is -3.74. The van der Waals surface area contributed by atoms with E-state index in [1.165, 1.54) is 12.1 Å². The fraction of sp³-hybridized carbons (Fsp3) is 0.500. The number of aryl methyl sites for hydroxylation is 2. The summed E-state index contributed by atoms with van der Waals surface area (Å²) in [5, 5.41) is 8.00. The third kappa shape index (κ3) is 3.58. The van der Waals surface area contributed by atoms with Gasteiger partial charge in [0.15, 0.2) is 0 Å².